The summed E-state index contributed by atoms with van der Waals surface area (Å²) in [5, 5.41) is 1.82. The first-order valence-electron chi connectivity index (χ1n) is 6.15. The first kappa shape index (κ1) is 12.4. The molecule has 1 aliphatic carbocycles. The second-order valence-corrected chi connectivity index (χ2v) is 5.38. The van der Waals surface area contributed by atoms with Gasteiger partial charge in [-0.25, -0.2) is 4.79 Å². The van der Waals surface area contributed by atoms with E-state index in [4.69, 9.17) is 4.74 Å². The van der Waals surface area contributed by atoms with Crippen LogP contribution in [0.3, 0.4) is 0 Å². The lowest BCUT2D eigenvalue weighted by Gasteiger charge is -2.13. The van der Waals surface area contributed by atoms with Gasteiger partial charge in [0.1, 0.15) is 6.10 Å². The minimum Gasteiger partial charge on any atom is -0.453 e. The number of halogens is 1. The Labute approximate surface area is 119 Å². The van der Waals surface area contributed by atoms with E-state index in [1.807, 2.05) is 30.3 Å². The van der Waals surface area contributed by atoms with Crippen LogP contribution in [0.15, 0.2) is 47.2 Å². The van der Waals surface area contributed by atoms with Gasteiger partial charge in [0, 0.05) is 22.3 Å². The van der Waals surface area contributed by atoms with E-state index in [9.17, 15) is 4.79 Å². The van der Waals surface area contributed by atoms with E-state index < -0.39 is 0 Å². The fraction of sp³-hybridized carbons (Fsp3) is 0.200. The van der Waals surface area contributed by atoms with Crippen LogP contribution < -0.4 is 0 Å². The number of carbonyl (C=O) groups excluding carboxylic acids is 1. The first-order valence-corrected chi connectivity index (χ1v) is 6.94. The van der Waals surface area contributed by atoms with E-state index in [0.717, 1.165) is 28.1 Å². The molecule has 1 aromatic carbocycles. The number of ether oxygens (including phenoxy) is 1. The van der Waals surface area contributed by atoms with Crippen molar-refractivity contribution in [3.8, 4) is 0 Å². The third-order valence-corrected chi connectivity index (χ3v) is 4.05. The Hall–Kier alpha value is -1.68. The molecule has 0 fully saturated rings. The van der Waals surface area contributed by atoms with Crippen LogP contribution >= 0.6 is 15.9 Å². The van der Waals surface area contributed by atoms with Gasteiger partial charge in [-0.05, 0) is 18.2 Å². The maximum absolute atomic E-state index is 12.2. The summed E-state index contributed by atoms with van der Waals surface area (Å²) in [5.41, 5.74) is 0.519. The highest BCUT2D eigenvalue weighted by molar-refractivity contribution is 9.11. The average Bonchev–Trinajstić information content (AvgIpc) is 2.83. The van der Waals surface area contributed by atoms with Crippen molar-refractivity contribution in [1.29, 1.82) is 0 Å². The van der Waals surface area contributed by atoms with Gasteiger partial charge in [0.25, 0.3) is 0 Å². The second kappa shape index (κ2) is 5.13. The standard InChI is InChI=1S/C15H12BrNO2/c16-13-6-3-7-14(13)19-15(18)12-9-17-8-10-4-1-2-5-11(10)12/h1-2,4-6,8-9,14H,3,7H2. The molecule has 3 rings (SSSR count). The normalized spacial score (nSPS) is 18.4. The largest absolute Gasteiger partial charge is 0.453 e. The number of pyridine rings is 1. The van der Waals surface area contributed by atoms with E-state index in [0.29, 0.717) is 5.56 Å². The molecule has 0 N–H and O–H groups in total. The second-order valence-electron chi connectivity index (χ2n) is 4.47. The van der Waals surface area contributed by atoms with Gasteiger partial charge < -0.3 is 4.74 Å². The number of nitrogens with zero attached hydrogens (tertiary/aromatic N) is 1. The van der Waals surface area contributed by atoms with Gasteiger partial charge in [0.2, 0.25) is 0 Å². The molecule has 0 amide bonds. The zero-order chi connectivity index (χ0) is 13.2. The summed E-state index contributed by atoms with van der Waals surface area (Å²) in [6, 6.07) is 7.68. The first-order chi connectivity index (χ1) is 9.25. The monoisotopic (exact) mass is 317 g/mol. The minimum absolute atomic E-state index is 0.161. The number of allylic oxidation sites excluding steroid dienone is 1. The van der Waals surface area contributed by atoms with Crippen LogP contribution in [0.4, 0.5) is 0 Å². The van der Waals surface area contributed by atoms with Gasteiger partial charge >= 0.3 is 5.97 Å². The van der Waals surface area contributed by atoms with Gasteiger partial charge in [-0.2, -0.15) is 0 Å². The van der Waals surface area contributed by atoms with Crippen LogP contribution in [0.5, 0.6) is 0 Å². The molecule has 0 saturated heterocycles. The van der Waals surface area contributed by atoms with Crippen LogP contribution in [-0.2, 0) is 4.74 Å². The molecular formula is C15H12BrNO2. The Balaban J connectivity index is 1.91. The zero-order valence-electron chi connectivity index (χ0n) is 10.2. The molecule has 1 atom stereocenters. The van der Waals surface area contributed by atoms with Gasteiger partial charge in [-0.1, -0.05) is 46.3 Å². The van der Waals surface area contributed by atoms with Crippen molar-refractivity contribution in [3.63, 3.8) is 0 Å². The van der Waals surface area contributed by atoms with Crippen LogP contribution in [-0.4, -0.2) is 17.1 Å². The Kier molecular flexibility index (Phi) is 3.34. The Bertz CT molecular complexity index is 661. The lowest BCUT2D eigenvalue weighted by Crippen LogP contribution is -2.16. The Morgan fingerprint density at radius 1 is 1.32 bits per heavy atom. The molecule has 0 spiro atoms. The summed E-state index contributed by atoms with van der Waals surface area (Å²) in [5.74, 6) is -0.318. The topological polar surface area (TPSA) is 39.2 Å². The Morgan fingerprint density at radius 3 is 2.95 bits per heavy atom. The number of rotatable bonds is 2. The van der Waals surface area contributed by atoms with Crippen molar-refractivity contribution in [2.45, 2.75) is 18.9 Å². The fourth-order valence-electron chi connectivity index (χ4n) is 2.23. The molecule has 1 aromatic heterocycles. The third kappa shape index (κ3) is 2.40. The molecule has 1 unspecified atom stereocenters. The fourth-order valence-corrected chi connectivity index (χ4v) is 2.78. The Morgan fingerprint density at radius 2 is 2.16 bits per heavy atom. The van der Waals surface area contributed by atoms with Crippen LogP contribution in [0.2, 0.25) is 0 Å². The SMILES string of the molecule is O=C(OC1CCC=C1Br)c1cncc2ccccc12. The summed E-state index contributed by atoms with van der Waals surface area (Å²) in [7, 11) is 0. The highest BCUT2D eigenvalue weighted by Crippen LogP contribution is 2.28. The molecule has 0 radical (unpaired) electrons. The average molecular weight is 318 g/mol. The highest BCUT2D eigenvalue weighted by atomic mass is 79.9. The minimum atomic E-state index is -0.318. The maximum Gasteiger partial charge on any atom is 0.340 e. The lowest BCUT2D eigenvalue weighted by atomic mass is 10.1. The third-order valence-electron chi connectivity index (χ3n) is 3.21. The number of carbonyl (C=O) groups is 1. The van der Waals surface area contributed by atoms with E-state index in [2.05, 4.69) is 20.9 Å². The number of benzene rings is 1. The highest BCUT2D eigenvalue weighted by Gasteiger charge is 2.23. The van der Waals surface area contributed by atoms with Crippen molar-refractivity contribution in [2.75, 3.05) is 0 Å². The van der Waals surface area contributed by atoms with Crippen LogP contribution in [0.25, 0.3) is 10.8 Å². The number of hydrogen-bond acceptors (Lipinski definition) is 3. The summed E-state index contributed by atoms with van der Waals surface area (Å²) < 4.78 is 6.48. The van der Waals surface area contributed by atoms with E-state index in [1.54, 1.807) is 12.4 Å². The lowest BCUT2D eigenvalue weighted by molar-refractivity contribution is 0.0392. The predicted octanol–water partition coefficient (Wildman–Crippen LogP) is 3.83. The van der Waals surface area contributed by atoms with Crippen molar-refractivity contribution in [2.24, 2.45) is 0 Å². The molecule has 96 valence electrons. The zero-order valence-corrected chi connectivity index (χ0v) is 11.8. The summed E-state index contributed by atoms with van der Waals surface area (Å²) in [6.07, 6.45) is 6.97. The van der Waals surface area contributed by atoms with E-state index in [1.165, 1.54) is 0 Å². The summed E-state index contributed by atoms with van der Waals surface area (Å²) in [4.78, 5) is 16.4. The maximum atomic E-state index is 12.2. The molecular weight excluding hydrogens is 306 g/mol. The molecule has 4 heteroatoms. The van der Waals surface area contributed by atoms with Crippen LogP contribution in [0.1, 0.15) is 23.2 Å². The molecule has 1 aliphatic rings. The molecule has 3 nitrogen and oxygen atoms in total. The van der Waals surface area contributed by atoms with Crippen molar-refractivity contribution in [3.05, 3.63) is 52.8 Å². The number of esters is 1. The molecule has 2 aromatic rings. The van der Waals surface area contributed by atoms with Gasteiger partial charge in [0.15, 0.2) is 0 Å². The van der Waals surface area contributed by atoms with Crippen LogP contribution in [0, 0.1) is 0 Å². The number of hydrogen-bond donors (Lipinski definition) is 0. The van der Waals surface area contributed by atoms with Crippen molar-refractivity contribution in [1.82, 2.24) is 4.98 Å². The molecule has 0 bridgehead atoms. The van der Waals surface area contributed by atoms with Crippen molar-refractivity contribution >= 4 is 32.7 Å². The van der Waals surface area contributed by atoms with E-state index in [-0.39, 0.29) is 12.1 Å². The van der Waals surface area contributed by atoms with Gasteiger partial charge in [-0.15, -0.1) is 0 Å². The van der Waals surface area contributed by atoms with Gasteiger partial charge in [0.05, 0.1) is 5.56 Å². The smallest absolute Gasteiger partial charge is 0.340 e. The summed E-state index contributed by atoms with van der Waals surface area (Å²) in [6.45, 7) is 0. The molecule has 0 aliphatic heterocycles. The molecule has 1 heterocycles. The number of aromatic nitrogens is 1. The predicted molar refractivity (Wildman–Crippen MR) is 77.2 cm³/mol. The molecule has 0 saturated carbocycles. The molecule has 19 heavy (non-hydrogen) atoms. The number of fused-ring (bicyclic) bond motifs is 1. The van der Waals surface area contributed by atoms with Gasteiger partial charge in [-0.3, -0.25) is 4.98 Å². The summed E-state index contributed by atoms with van der Waals surface area (Å²) >= 11 is 3.42. The quantitative estimate of drug-likeness (QED) is 0.790. The van der Waals surface area contributed by atoms with E-state index >= 15 is 0 Å². The van der Waals surface area contributed by atoms with Crippen molar-refractivity contribution < 1.29 is 9.53 Å².